The summed E-state index contributed by atoms with van der Waals surface area (Å²) in [6.45, 7) is 0. The van der Waals surface area contributed by atoms with Gasteiger partial charge in [-0.2, -0.15) is 0 Å². The number of carbonyl (C=O) groups excluding carboxylic acids is 2. The summed E-state index contributed by atoms with van der Waals surface area (Å²) in [4.78, 5) is 35.4. The van der Waals surface area contributed by atoms with Crippen molar-refractivity contribution in [3.8, 4) is 5.75 Å². The maximum absolute atomic E-state index is 12.5. The van der Waals surface area contributed by atoms with Crippen LogP contribution in [0.15, 0.2) is 60.2 Å². The van der Waals surface area contributed by atoms with Crippen molar-refractivity contribution in [2.24, 2.45) is 0 Å². The maximum Gasteiger partial charge on any atom is 0.377 e. The lowest BCUT2D eigenvalue weighted by molar-refractivity contribution is -0.147. The minimum Gasteiger partial charge on any atom is -0.497 e. The van der Waals surface area contributed by atoms with Crippen LogP contribution in [0.3, 0.4) is 0 Å². The summed E-state index contributed by atoms with van der Waals surface area (Å²) in [5, 5.41) is 8.95. The van der Waals surface area contributed by atoms with E-state index < -0.39 is 23.1 Å². The number of hydrogen-bond donors (Lipinski definition) is 1. The van der Waals surface area contributed by atoms with Gasteiger partial charge >= 0.3 is 5.97 Å². The number of hydrogen-bond acceptors (Lipinski definition) is 4. The van der Waals surface area contributed by atoms with Gasteiger partial charge in [-0.1, -0.05) is 30.3 Å². The second-order valence-corrected chi connectivity index (χ2v) is 4.66. The fourth-order valence-corrected chi connectivity index (χ4v) is 1.96. The van der Waals surface area contributed by atoms with Crippen LogP contribution in [0.2, 0.25) is 0 Å². The average molecular weight is 310 g/mol. The van der Waals surface area contributed by atoms with Crippen LogP contribution in [0.4, 0.5) is 0 Å². The molecule has 1 N–H and O–H groups in total. The average Bonchev–Trinajstić information content (AvgIpc) is 2.59. The molecule has 2 aromatic carbocycles. The van der Waals surface area contributed by atoms with Crippen LogP contribution in [-0.2, 0) is 9.59 Å². The molecule has 0 saturated carbocycles. The Morgan fingerprint density at radius 1 is 0.957 bits per heavy atom. The molecule has 0 heterocycles. The quantitative estimate of drug-likeness (QED) is 0.292. The molecule has 5 nitrogen and oxygen atoms in total. The molecule has 0 aliphatic carbocycles. The van der Waals surface area contributed by atoms with Crippen LogP contribution in [0, 0.1) is 0 Å². The lowest BCUT2D eigenvalue weighted by atomic mass is 9.97. The van der Waals surface area contributed by atoms with Crippen molar-refractivity contribution >= 4 is 23.6 Å². The second-order valence-electron chi connectivity index (χ2n) is 4.66. The summed E-state index contributed by atoms with van der Waals surface area (Å²) >= 11 is 0. The molecule has 0 aromatic heterocycles. The van der Waals surface area contributed by atoms with Crippen molar-refractivity contribution in [1.82, 2.24) is 0 Å². The van der Waals surface area contributed by atoms with Gasteiger partial charge in [-0.3, -0.25) is 9.59 Å². The standard InChI is InChI=1S/C18H14O5/c1-23-14-9-7-13(8-10-14)16(19)15(17(20)18(21)22)11-12-5-3-2-4-6-12/h2-11H,1H3,(H,21,22)/b15-11+. The second kappa shape index (κ2) is 7.17. The highest BCUT2D eigenvalue weighted by molar-refractivity contribution is 6.49. The predicted octanol–water partition coefficient (Wildman–Crippen LogP) is 2.62. The highest BCUT2D eigenvalue weighted by Crippen LogP contribution is 2.17. The summed E-state index contributed by atoms with van der Waals surface area (Å²) in [6.07, 6.45) is 1.28. The van der Waals surface area contributed by atoms with Gasteiger partial charge in [0, 0.05) is 5.56 Å². The van der Waals surface area contributed by atoms with Gasteiger partial charge in [-0.15, -0.1) is 0 Å². The molecule has 0 aliphatic rings. The molecule has 0 bridgehead atoms. The fourth-order valence-electron chi connectivity index (χ4n) is 1.96. The largest absolute Gasteiger partial charge is 0.497 e. The zero-order valence-electron chi connectivity index (χ0n) is 12.4. The minimum atomic E-state index is -1.67. The van der Waals surface area contributed by atoms with Gasteiger partial charge in [0.15, 0.2) is 5.78 Å². The van der Waals surface area contributed by atoms with Crippen molar-refractivity contribution in [1.29, 1.82) is 0 Å². The Bertz CT molecular complexity index is 758. The molecule has 0 amide bonds. The molecular formula is C18H14O5. The summed E-state index contributed by atoms with van der Waals surface area (Å²) < 4.78 is 5.00. The van der Waals surface area contributed by atoms with E-state index in [0.29, 0.717) is 11.3 Å². The molecule has 116 valence electrons. The highest BCUT2D eigenvalue weighted by atomic mass is 16.5. The first-order chi connectivity index (χ1) is 11.0. The Labute approximate surface area is 132 Å². The van der Waals surface area contributed by atoms with Gasteiger partial charge in [0.25, 0.3) is 5.78 Å². The first-order valence-electron chi connectivity index (χ1n) is 6.76. The van der Waals surface area contributed by atoms with Gasteiger partial charge in [0.1, 0.15) is 5.75 Å². The van der Waals surface area contributed by atoms with E-state index in [9.17, 15) is 14.4 Å². The summed E-state index contributed by atoms with van der Waals surface area (Å²) in [6, 6.07) is 14.7. The smallest absolute Gasteiger partial charge is 0.377 e. The van der Waals surface area contributed by atoms with E-state index in [-0.39, 0.29) is 5.56 Å². The van der Waals surface area contributed by atoms with Crippen molar-refractivity contribution in [2.45, 2.75) is 0 Å². The van der Waals surface area contributed by atoms with Crippen molar-refractivity contribution in [2.75, 3.05) is 7.11 Å². The summed E-state index contributed by atoms with van der Waals surface area (Å²) in [7, 11) is 1.49. The van der Waals surface area contributed by atoms with E-state index in [0.717, 1.165) is 0 Å². The van der Waals surface area contributed by atoms with Gasteiger partial charge in [0.05, 0.1) is 12.7 Å². The number of rotatable bonds is 6. The Morgan fingerprint density at radius 3 is 2.09 bits per heavy atom. The maximum atomic E-state index is 12.5. The van der Waals surface area contributed by atoms with E-state index in [2.05, 4.69) is 0 Å². The molecule has 0 saturated heterocycles. The van der Waals surface area contributed by atoms with Crippen molar-refractivity contribution < 1.29 is 24.2 Å². The normalized spacial score (nSPS) is 10.9. The van der Waals surface area contributed by atoms with Gasteiger partial charge < -0.3 is 9.84 Å². The Morgan fingerprint density at radius 2 is 1.57 bits per heavy atom. The molecular weight excluding hydrogens is 296 g/mol. The molecule has 0 aliphatic heterocycles. The Kier molecular flexibility index (Phi) is 5.04. The first-order valence-corrected chi connectivity index (χ1v) is 6.76. The summed E-state index contributed by atoms with van der Waals surface area (Å²) in [5.41, 5.74) is 0.385. The van der Waals surface area contributed by atoms with Gasteiger partial charge in [-0.05, 0) is 35.9 Å². The molecule has 23 heavy (non-hydrogen) atoms. The monoisotopic (exact) mass is 310 g/mol. The third-order valence-electron chi connectivity index (χ3n) is 3.15. The number of ketones is 2. The lowest BCUT2D eigenvalue weighted by Gasteiger charge is -2.05. The molecule has 0 radical (unpaired) electrons. The molecule has 2 rings (SSSR count). The van der Waals surface area contributed by atoms with E-state index in [1.54, 1.807) is 42.5 Å². The van der Waals surface area contributed by atoms with Crippen LogP contribution < -0.4 is 4.74 Å². The van der Waals surface area contributed by atoms with Crippen LogP contribution in [0.1, 0.15) is 15.9 Å². The first kappa shape index (κ1) is 16.2. The number of carboxylic acids is 1. The van der Waals surface area contributed by atoms with Crippen LogP contribution in [0.5, 0.6) is 5.75 Å². The highest BCUT2D eigenvalue weighted by Gasteiger charge is 2.25. The van der Waals surface area contributed by atoms with E-state index in [4.69, 9.17) is 9.84 Å². The lowest BCUT2D eigenvalue weighted by Crippen LogP contribution is -2.21. The fraction of sp³-hybridized carbons (Fsp3) is 0.0556. The van der Waals surface area contributed by atoms with E-state index in [1.807, 2.05) is 0 Å². The Balaban J connectivity index is 2.44. The Hall–Kier alpha value is -3.21. The number of benzene rings is 2. The van der Waals surface area contributed by atoms with Crippen molar-refractivity contribution in [3.63, 3.8) is 0 Å². The molecule has 0 unspecified atom stereocenters. The zero-order chi connectivity index (χ0) is 16.8. The number of carboxylic acid groups (broad SMARTS) is 1. The minimum absolute atomic E-state index is 0.211. The van der Waals surface area contributed by atoms with Gasteiger partial charge in [-0.25, -0.2) is 4.79 Å². The van der Waals surface area contributed by atoms with Crippen molar-refractivity contribution in [3.05, 3.63) is 71.3 Å². The number of methoxy groups -OCH3 is 1. The molecule has 5 heteroatoms. The number of ether oxygens (including phenoxy) is 1. The van der Waals surface area contributed by atoms with Crippen LogP contribution in [-0.4, -0.2) is 29.8 Å². The van der Waals surface area contributed by atoms with Crippen LogP contribution >= 0.6 is 0 Å². The van der Waals surface area contributed by atoms with E-state index in [1.165, 1.54) is 25.3 Å². The number of carbonyl (C=O) groups is 3. The topological polar surface area (TPSA) is 80.7 Å². The molecule has 0 fully saturated rings. The molecule has 2 aromatic rings. The van der Waals surface area contributed by atoms with Crippen LogP contribution in [0.25, 0.3) is 6.08 Å². The number of aliphatic carboxylic acids is 1. The van der Waals surface area contributed by atoms with Gasteiger partial charge in [0.2, 0.25) is 0 Å². The zero-order valence-corrected chi connectivity index (χ0v) is 12.4. The SMILES string of the molecule is COc1ccc(C(=O)/C(=C\c2ccccc2)C(=O)C(=O)O)cc1. The summed E-state index contributed by atoms with van der Waals surface area (Å²) in [5.74, 6) is -3.01. The third kappa shape index (κ3) is 3.91. The molecule has 0 atom stereocenters. The predicted molar refractivity (Wildman–Crippen MR) is 84.4 cm³/mol. The van der Waals surface area contributed by atoms with E-state index >= 15 is 0 Å². The number of Topliss-reactive ketones (excluding diaryl/α,β-unsaturated/α-hetero) is 2. The molecule has 0 spiro atoms. The third-order valence-corrected chi connectivity index (χ3v) is 3.15.